The van der Waals surface area contributed by atoms with Gasteiger partial charge >= 0.3 is 0 Å². The zero-order valence-electron chi connectivity index (χ0n) is 37.3. The molecular formula is C42H49Cl3F4N12O9S. The number of aliphatic hydroxyl groups is 2. The van der Waals surface area contributed by atoms with Crippen LogP contribution in [0.4, 0.5) is 23.2 Å². The van der Waals surface area contributed by atoms with Crippen molar-refractivity contribution < 1.29 is 60.5 Å². The molecule has 4 aromatic carbocycles. The smallest absolute Gasteiger partial charge is 0.211 e. The number of ether oxygens (including phenoxy) is 4. The monoisotopic (exact) mass is 1080 g/mol. The molecule has 0 saturated heterocycles. The molecule has 0 aliphatic carbocycles. The van der Waals surface area contributed by atoms with Gasteiger partial charge in [-0.2, -0.15) is 0 Å². The van der Waals surface area contributed by atoms with Gasteiger partial charge in [0.05, 0.1) is 71.1 Å². The third-order valence-corrected chi connectivity index (χ3v) is 8.97. The minimum absolute atomic E-state index is 0. The number of benzene rings is 4. The van der Waals surface area contributed by atoms with Crippen LogP contribution >= 0.6 is 33.0 Å². The van der Waals surface area contributed by atoms with E-state index in [9.17, 15) is 27.2 Å². The Morgan fingerprint density at radius 1 is 0.606 bits per heavy atom. The SMILES string of the molecule is C.COc1ccc(-n2cnnc2)c(CCl)c1F.COc1ccc(-n2cnnc2)c(CN)c1F.COc1ccc(-n2cnnc2)c(CO)c1F.COc1ccc(N)c(CO)c1F.O=CCNC=O.O=S(Cl)Cl. The predicted molar refractivity (Wildman–Crippen MR) is 257 cm³/mol. The van der Waals surface area contributed by atoms with E-state index in [2.05, 4.69) is 57.3 Å². The summed E-state index contributed by atoms with van der Waals surface area (Å²) < 4.78 is 87.8. The molecule has 386 valence electrons. The number of halogens is 7. The fourth-order valence-electron chi connectivity index (χ4n) is 5.44. The van der Waals surface area contributed by atoms with Crippen LogP contribution in [0.15, 0.2) is 86.5 Å². The number of aliphatic hydroxyl groups excluding tert-OH is 2. The Hall–Kier alpha value is -6.94. The number of methoxy groups -OCH3 is 4. The number of nitrogen functional groups attached to an aromatic ring is 1. The number of nitrogens with one attached hydrogen (secondary N) is 1. The summed E-state index contributed by atoms with van der Waals surface area (Å²) in [7, 11) is 12.9. The first kappa shape index (κ1) is 62.1. The molecule has 7 rings (SSSR count). The van der Waals surface area contributed by atoms with Crippen molar-refractivity contribution in [2.75, 3.05) is 40.7 Å². The van der Waals surface area contributed by atoms with Crippen LogP contribution in [0, 0.1) is 23.3 Å². The van der Waals surface area contributed by atoms with Crippen LogP contribution in [-0.2, 0) is 44.5 Å². The maximum absolute atomic E-state index is 13.9. The molecule has 0 atom stereocenters. The Kier molecular flexibility index (Phi) is 29.3. The molecule has 7 N–H and O–H groups in total. The zero-order valence-corrected chi connectivity index (χ0v) is 40.3. The van der Waals surface area contributed by atoms with E-state index in [0.717, 1.165) is 0 Å². The number of alkyl halides is 1. The van der Waals surface area contributed by atoms with Gasteiger partial charge in [0.2, 0.25) is 15.6 Å². The first-order chi connectivity index (χ1) is 33.7. The summed E-state index contributed by atoms with van der Waals surface area (Å²) in [6, 6.07) is 12.6. The highest BCUT2D eigenvalue weighted by molar-refractivity contribution is 8.26. The number of carbonyl (C=O) groups excluding carboxylic acids is 2. The highest BCUT2D eigenvalue weighted by Gasteiger charge is 2.17. The third-order valence-electron chi connectivity index (χ3n) is 8.70. The molecule has 0 bridgehead atoms. The van der Waals surface area contributed by atoms with Crippen molar-refractivity contribution in [3.05, 3.63) is 132 Å². The summed E-state index contributed by atoms with van der Waals surface area (Å²) >= 11 is 5.73. The van der Waals surface area contributed by atoms with E-state index >= 15 is 0 Å². The largest absolute Gasteiger partial charge is 0.494 e. The van der Waals surface area contributed by atoms with Crippen LogP contribution in [-0.4, -0.2) is 106 Å². The fourth-order valence-corrected chi connectivity index (χ4v) is 5.70. The lowest BCUT2D eigenvalue weighted by Gasteiger charge is -2.11. The van der Waals surface area contributed by atoms with E-state index in [1.54, 1.807) is 39.5 Å². The van der Waals surface area contributed by atoms with Crippen LogP contribution in [0.3, 0.4) is 0 Å². The van der Waals surface area contributed by atoms with Gasteiger partial charge in [-0.15, -0.1) is 42.2 Å². The van der Waals surface area contributed by atoms with E-state index in [1.165, 1.54) is 89.2 Å². The van der Waals surface area contributed by atoms with Gasteiger partial charge < -0.3 is 50.7 Å². The first-order valence-electron chi connectivity index (χ1n) is 19.2. The molecule has 0 radical (unpaired) electrons. The number of aldehydes is 1. The average molecular weight is 1080 g/mol. The standard InChI is InChI=1S/C10H9ClFN3O.C10H11FN4O.C10H10FN3O2.C8H10FNO2.C3H5NO2.CH4.Cl2OS/c1-16-9-3-2-8(7(4-11)10(9)12)15-5-13-14-6-15;1-16-9-3-2-8(7(4-12)10(9)11)15-5-13-14-6-15;1-16-9-3-2-8(7(4-15)10(9)11)14-5-12-13-6-14;1-12-7-3-2-6(10)5(4-11)8(7)9;5-2-1-4-3-6;;1-4(2)3/h2-3,5-6H,4H2,1H3;2-3,5-6H,4,12H2,1H3;2-3,5-6,15H,4H2,1H3;2-3,11H,4,10H2,1H3;2-3H,1H2,(H,4,6);1H4;. The average Bonchev–Trinajstić information content (AvgIpc) is 4.20. The second-order valence-electron chi connectivity index (χ2n) is 12.5. The van der Waals surface area contributed by atoms with E-state index < -0.39 is 45.7 Å². The number of nitrogens with zero attached hydrogens (tertiary/aromatic N) is 9. The number of hydrogen-bond donors (Lipinski definition) is 5. The lowest BCUT2D eigenvalue weighted by atomic mass is 10.1. The summed E-state index contributed by atoms with van der Waals surface area (Å²) in [5.74, 6) is -1.48. The van der Waals surface area contributed by atoms with E-state index in [1.807, 2.05) is 0 Å². The lowest BCUT2D eigenvalue weighted by Crippen LogP contribution is -2.12. The van der Waals surface area contributed by atoms with Gasteiger partial charge in [0.25, 0.3) is 0 Å². The van der Waals surface area contributed by atoms with Crippen LogP contribution in [0.1, 0.15) is 29.7 Å². The molecule has 3 aromatic heterocycles. The zero-order chi connectivity index (χ0) is 52.2. The quantitative estimate of drug-likeness (QED) is 0.0226. The third kappa shape index (κ3) is 18.4. The molecule has 0 fully saturated rings. The molecule has 0 aliphatic rings. The Balaban J connectivity index is 0.000000445. The molecule has 7 aromatic rings. The molecule has 21 nitrogen and oxygen atoms in total. The normalized spacial score (nSPS) is 9.79. The number of hydrogen-bond acceptors (Lipinski definition) is 17. The maximum atomic E-state index is 13.9. The number of rotatable bonds is 14. The van der Waals surface area contributed by atoms with Gasteiger partial charge in [-0.3, -0.25) is 18.5 Å². The first-order valence-corrected chi connectivity index (χ1v) is 22.6. The number of anilines is 1. The predicted octanol–water partition coefficient (Wildman–Crippen LogP) is 5.45. The Bertz CT molecular complexity index is 2450. The molecule has 29 heteroatoms. The summed E-state index contributed by atoms with van der Waals surface area (Å²) in [5.41, 5.74) is 13.8. The highest BCUT2D eigenvalue weighted by Crippen LogP contribution is 2.29. The summed E-state index contributed by atoms with van der Waals surface area (Å²) in [6.45, 7) is -0.647. The summed E-state index contributed by atoms with van der Waals surface area (Å²) in [6.07, 6.45) is 9.90. The molecule has 0 unspecified atom stereocenters. The summed E-state index contributed by atoms with van der Waals surface area (Å²) in [5, 5.41) is 42.0. The topological polar surface area (TPSA) is 285 Å². The van der Waals surface area contributed by atoms with E-state index in [-0.39, 0.29) is 66.2 Å². The molecule has 71 heavy (non-hydrogen) atoms. The van der Waals surface area contributed by atoms with Crippen LogP contribution in [0.5, 0.6) is 23.0 Å². The second-order valence-corrected chi connectivity index (χ2v) is 15.3. The molecule has 0 spiro atoms. The van der Waals surface area contributed by atoms with Crippen molar-refractivity contribution in [3.8, 4) is 40.1 Å². The number of carbonyl (C=O) groups is 2. The summed E-state index contributed by atoms with van der Waals surface area (Å²) in [4.78, 5) is 18.6. The number of aromatic nitrogens is 9. The van der Waals surface area contributed by atoms with E-state index in [0.29, 0.717) is 40.9 Å². The number of nitrogens with two attached hydrogens (primary N) is 2. The fraction of sp³-hybridized carbons (Fsp3) is 0.238. The van der Waals surface area contributed by atoms with Crippen molar-refractivity contribution >= 4 is 60.6 Å². The van der Waals surface area contributed by atoms with Crippen LogP contribution in [0.25, 0.3) is 17.1 Å². The molecule has 0 aliphatic heterocycles. The molecule has 1 amide bonds. The Labute approximate surface area is 420 Å². The van der Waals surface area contributed by atoms with Crippen LogP contribution in [0.2, 0.25) is 0 Å². The maximum Gasteiger partial charge on any atom is 0.211 e. The van der Waals surface area contributed by atoms with Gasteiger partial charge in [0.1, 0.15) is 44.3 Å². The van der Waals surface area contributed by atoms with Crippen molar-refractivity contribution in [2.24, 2.45) is 5.73 Å². The van der Waals surface area contributed by atoms with Gasteiger partial charge in [-0.1, -0.05) is 7.43 Å². The number of amides is 1. The second kappa shape index (κ2) is 33.6. The lowest BCUT2D eigenvalue weighted by molar-refractivity contribution is -0.113. The van der Waals surface area contributed by atoms with Crippen molar-refractivity contribution in [3.63, 3.8) is 0 Å². The van der Waals surface area contributed by atoms with E-state index in [4.69, 9.17) is 56.4 Å². The van der Waals surface area contributed by atoms with Crippen molar-refractivity contribution in [1.29, 1.82) is 0 Å². The van der Waals surface area contributed by atoms with Gasteiger partial charge in [-0.05, 0) is 48.5 Å². The van der Waals surface area contributed by atoms with Gasteiger partial charge in [-0.25, -0.2) is 21.8 Å². The van der Waals surface area contributed by atoms with Gasteiger partial charge in [0, 0.05) is 55.9 Å². The Morgan fingerprint density at radius 3 is 1.21 bits per heavy atom. The van der Waals surface area contributed by atoms with Crippen molar-refractivity contribution in [2.45, 2.75) is 33.1 Å². The van der Waals surface area contributed by atoms with Crippen LogP contribution < -0.4 is 35.7 Å². The minimum Gasteiger partial charge on any atom is -0.494 e. The molecule has 3 heterocycles. The van der Waals surface area contributed by atoms with Crippen molar-refractivity contribution in [1.82, 2.24) is 49.6 Å². The minimum atomic E-state index is -1.67. The molecular weight excluding hydrogens is 1030 g/mol. The Morgan fingerprint density at radius 2 is 0.915 bits per heavy atom. The molecule has 0 saturated carbocycles. The van der Waals surface area contributed by atoms with Gasteiger partial charge in [0.15, 0.2) is 46.3 Å². The highest BCUT2D eigenvalue weighted by atomic mass is 36.0.